The van der Waals surface area contributed by atoms with E-state index in [0.29, 0.717) is 18.3 Å². The lowest BCUT2D eigenvalue weighted by Gasteiger charge is -2.35. The fourth-order valence-corrected chi connectivity index (χ4v) is 5.46. The highest BCUT2D eigenvalue weighted by Gasteiger charge is 2.32. The number of carbonyl (C=O) groups excluding carboxylic acids is 2. The average Bonchev–Trinajstić information content (AvgIpc) is 2.87. The third kappa shape index (κ3) is 12.1. The summed E-state index contributed by atoms with van der Waals surface area (Å²) in [5.74, 6) is 0.117. The molecule has 4 atom stereocenters. The van der Waals surface area contributed by atoms with Gasteiger partial charge in [0.05, 0.1) is 0 Å². The van der Waals surface area contributed by atoms with E-state index in [2.05, 4.69) is 43.3 Å². The Bertz CT molecular complexity index is 858. The summed E-state index contributed by atoms with van der Waals surface area (Å²) in [6.45, 7) is 5.32. The molecule has 1 aliphatic carbocycles. The standard InChI is InChI=1S/C32H48O5/c1-4-5-6-15-27-16-7-8-19-29(27)24-30(36-25(2)34)20-11-9-17-28-18-10-12-21-31(28)32(37-26(3)35)22-13-14-23-33/h7-9,11,16-17,19-20,28,30-33H,4-6,10,12-15,18,21-24H2,1-3H3/t28-,30?,31+,32?/m0/s1. The first-order valence-corrected chi connectivity index (χ1v) is 14.3. The minimum absolute atomic E-state index is 0.110. The van der Waals surface area contributed by atoms with Gasteiger partial charge in [-0.25, -0.2) is 0 Å². The van der Waals surface area contributed by atoms with Crippen molar-refractivity contribution in [3.8, 4) is 0 Å². The van der Waals surface area contributed by atoms with Crippen LogP contribution >= 0.6 is 0 Å². The van der Waals surface area contributed by atoms with E-state index in [1.54, 1.807) is 0 Å². The molecule has 1 aromatic carbocycles. The van der Waals surface area contributed by atoms with Gasteiger partial charge in [0.15, 0.2) is 0 Å². The Balaban J connectivity index is 2.08. The predicted octanol–water partition coefficient (Wildman–Crippen LogP) is 6.91. The summed E-state index contributed by atoms with van der Waals surface area (Å²) in [4.78, 5) is 23.6. The fourth-order valence-electron chi connectivity index (χ4n) is 5.46. The number of hydrogen-bond acceptors (Lipinski definition) is 5. The summed E-state index contributed by atoms with van der Waals surface area (Å²) in [5.41, 5.74) is 2.57. The zero-order valence-electron chi connectivity index (χ0n) is 23.2. The Kier molecular flexibility index (Phi) is 15.0. The van der Waals surface area contributed by atoms with Crippen LogP contribution in [0.3, 0.4) is 0 Å². The van der Waals surface area contributed by atoms with Crippen molar-refractivity contribution in [3.63, 3.8) is 0 Å². The van der Waals surface area contributed by atoms with Gasteiger partial charge in [-0.1, -0.05) is 75.1 Å². The molecule has 0 bridgehead atoms. The summed E-state index contributed by atoms with van der Waals surface area (Å²) in [6, 6.07) is 8.46. The molecule has 1 N–H and O–H groups in total. The highest BCUT2D eigenvalue weighted by atomic mass is 16.5. The number of aliphatic hydroxyl groups is 1. The Hall–Kier alpha value is -2.40. The highest BCUT2D eigenvalue weighted by molar-refractivity contribution is 5.66. The van der Waals surface area contributed by atoms with Gasteiger partial charge in [-0.3, -0.25) is 9.59 Å². The van der Waals surface area contributed by atoms with Crippen molar-refractivity contribution in [2.45, 2.75) is 110 Å². The third-order valence-electron chi connectivity index (χ3n) is 7.27. The quantitative estimate of drug-likeness (QED) is 0.148. The first-order valence-electron chi connectivity index (χ1n) is 14.3. The molecule has 2 rings (SSSR count). The van der Waals surface area contributed by atoms with Crippen molar-refractivity contribution in [3.05, 3.63) is 59.7 Å². The lowest BCUT2D eigenvalue weighted by Crippen LogP contribution is -2.33. The monoisotopic (exact) mass is 512 g/mol. The lowest BCUT2D eigenvalue weighted by atomic mass is 9.75. The van der Waals surface area contributed by atoms with E-state index in [4.69, 9.17) is 14.6 Å². The van der Waals surface area contributed by atoms with Gasteiger partial charge in [0.1, 0.15) is 12.2 Å². The van der Waals surface area contributed by atoms with Crippen LogP contribution in [0.15, 0.2) is 48.6 Å². The lowest BCUT2D eigenvalue weighted by molar-refractivity contribution is -0.151. The number of allylic oxidation sites excluding steroid dienone is 3. The van der Waals surface area contributed by atoms with E-state index < -0.39 is 0 Å². The van der Waals surface area contributed by atoms with Crippen LogP contribution in [0.2, 0.25) is 0 Å². The average molecular weight is 513 g/mol. The van der Waals surface area contributed by atoms with Gasteiger partial charge >= 0.3 is 11.9 Å². The van der Waals surface area contributed by atoms with Crippen molar-refractivity contribution < 1.29 is 24.2 Å². The second-order valence-electron chi connectivity index (χ2n) is 10.3. The van der Waals surface area contributed by atoms with E-state index in [-0.39, 0.29) is 30.8 Å². The maximum absolute atomic E-state index is 11.8. The summed E-state index contributed by atoms with van der Waals surface area (Å²) in [7, 11) is 0. The van der Waals surface area contributed by atoms with Crippen molar-refractivity contribution in [2.24, 2.45) is 11.8 Å². The van der Waals surface area contributed by atoms with E-state index in [1.807, 2.05) is 12.2 Å². The molecule has 0 spiro atoms. The molecule has 206 valence electrons. The van der Waals surface area contributed by atoms with Crippen LogP contribution in [0.5, 0.6) is 0 Å². The zero-order valence-corrected chi connectivity index (χ0v) is 23.2. The minimum atomic E-state index is -0.316. The molecule has 1 aliphatic rings. The van der Waals surface area contributed by atoms with Gasteiger partial charge in [-0.05, 0) is 68.1 Å². The Morgan fingerprint density at radius 2 is 1.70 bits per heavy atom. The van der Waals surface area contributed by atoms with E-state index in [0.717, 1.165) is 44.9 Å². The predicted molar refractivity (Wildman–Crippen MR) is 149 cm³/mol. The normalized spacial score (nSPS) is 19.7. The number of hydrogen-bond donors (Lipinski definition) is 1. The first kappa shape index (κ1) is 30.8. The van der Waals surface area contributed by atoms with Crippen molar-refractivity contribution in [2.75, 3.05) is 6.61 Å². The Labute approximate surface area is 224 Å². The van der Waals surface area contributed by atoms with Gasteiger partial charge in [0.25, 0.3) is 0 Å². The van der Waals surface area contributed by atoms with E-state index >= 15 is 0 Å². The van der Waals surface area contributed by atoms with Crippen LogP contribution < -0.4 is 0 Å². The molecule has 0 heterocycles. The molecule has 0 saturated heterocycles. The number of ether oxygens (including phenoxy) is 2. The molecule has 5 heteroatoms. The maximum atomic E-state index is 11.8. The molecule has 1 saturated carbocycles. The first-order chi connectivity index (χ1) is 17.9. The molecule has 37 heavy (non-hydrogen) atoms. The third-order valence-corrected chi connectivity index (χ3v) is 7.27. The minimum Gasteiger partial charge on any atom is -0.462 e. The van der Waals surface area contributed by atoms with Crippen molar-refractivity contribution in [1.82, 2.24) is 0 Å². The smallest absolute Gasteiger partial charge is 0.303 e. The van der Waals surface area contributed by atoms with Crippen LogP contribution in [0.1, 0.15) is 96.1 Å². The molecule has 0 aliphatic heterocycles. The summed E-state index contributed by atoms with van der Waals surface area (Å²) < 4.78 is 11.4. The van der Waals surface area contributed by atoms with Crippen molar-refractivity contribution in [1.29, 1.82) is 0 Å². The highest BCUT2D eigenvalue weighted by Crippen LogP contribution is 2.36. The van der Waals surface area contributed by atoms with Crippen LogP contribution in [0.4, 0.5) is 0 Å². The van der Waals surface area contributed by atoms with Gasteiger partial charge < -0.3 is 14.6 Å². The summed E-state index contributed by atoms with van der Waals surface area (Å²) >= 11 is 0. The molecule has 1 fully saturated rings. The van der Waals surface area contributed by atoms with Crippen LogP contribution in [-0.2, 0) is 31.9 Å². The number of unbranched alkanes of at least 4 members (excludes halogenated alkanes) is 3. The fraction of sp³-hybridized carbons (Fsp3) is 0.625. The van der Waals surface area contributed by atoms with E-state index in [9.17, 15) is 9.59 Å². The van der Waals surface area contributed by atoms with Crippen LogP contribution in [-0.4, -0.2) is 35.9 Å². The molecule has 0 aromatic heterocycles. The molecule has 0 amide bonds. The van der Waals surface area contributed by atoms with Crippen LogP contribution in [0, 0.1) is 11.8 Å². The second kappa shape index (κ2) is 18.0. The Morgan fingerprint density at radius 1 is 0.973 bits per heavy atom. The number of carbonyl (C=O) groups is 2. The largest absolute Gasteiger partial charge is 0.462 e. The summed E-state index contributed by atoms with van der Waals surface area (Å²) in [5, 5.41) is 9.16. The topological polar surface area (TPSA) is 72.8 Å². The van der Waals surface area contributed by atoms with Gasteiger partial charge in [-0.2, -0.15) is 0 Å². The van der Waals surface area contributed by atoms with Gasteiger partial charge in [0.2, 0.25) is 0 Å². The number of esters is 2. The summed E-state index contributed by atoms with van der Waals surface area (Å²) in [6.07, 6.45) is 19.9. The van der Waals surface area contributed by atoms with Gasteiger partial charge in [0, 0.05) is 32.8 Å². The molecule has 5 nitrogen and oxygen atoms in total. The molecular weight excluding hydrogens is 464 g/mol. The molecule has 0 radical (unpaired) electrons. The maximum Gasteiger partial charge on any atom is 0.303 e. The Morgan fingerprint density at radius 3 is 2.41 bits per heavy atom. The zero-order chi connectivity index (χ0) is 26.9. The van der Waals surface area contributed by atoms with E-state index in [1.165, 1.54) is 50.7 Å². The molecule has 1 aromatic rings. The van der Waals surface area contributed by atoms with Gasteiger partial charge in [-0.15, -0.1) is 0 Å². The second-order valence-corrected chi connectivity index (χ2v) is 10.3. The number of rotatable bonds is 16. The van der Waals surface area contributed by atoms with Crippen molar-refractivity contribution >= 4 is 11.9 Å². The number of aryl methyl sites for hydroxylation is 1. The van der Waals surface area contributed by atoms with Crippen LogP contribution in [0.25, 0.3) is 0 Å². The number of aliphatic hydroxyl groups excluding tert-OH is 1. The molecular formula is C32H48O5. The molecule has 2 unspecified atom stereocenters. The number of benzene rings is 1. The SMILES string of the molecule is CCCCCc1ccccc1CC(C=CC=C[C@H]1CCCC[C@H]1C(CCCCO)OC(C)=O)OC(C)=O.